The van der Waals surface area contributed by atoms with Crippen molar-refractivity contribution in [2.45, 2.75) is 13.8 Å². The molecule has 0 spiro atoms. The molecule has 2 aromatic carbocycles. The van der Waals surface area contributed by atoms with E-state index in [4.69, 9.17) is 0 Å². The third-order valence-electron chi connectivity index (χ3n) is 4.78. The Morgan fingerprint density at radius 2 is 1.80 bits per heavy atom. The van der Waals surface area contributed by atoms with Crippen molar-refractivity contribution >= 4 is 28.1 Å². The lowest BCUT2D eigenvalue weighted by Crippen LogP contribution is -1.99. The molecule has 0 aliphatic heterocycles. The average molecular weight is 416 g/mol. The summed E-state index contributed by atoms with van der Waals surface area (Å²) in [6.07, 6.45) is 0. The number of aromatic nitrogens is 5. The smallest absolute Gasteiger partial charge is 0.249 e. The molecular formula is C22H17FN6S. The molecule has 0 aliphatic carbocycles. The first kappa shape index (κ1) is 18.4. The Labute approximate surface area is 176 Å². The Morgan fingerprint density at radius 3 is 2.53 bits per heavy atom. The van der Waals surface area contributed by atoms with Gasteiger partial charge in [-0.05, 0) is 55.8 Å². The molecule has 5 aromatic rings. The molecule has 0 unspecified atom stereocenters. The number of benzene rings is 2. The van der Waals surface area contributed by atoms with E-state index in [1.54, 1.807) is 18.2 Å². The third-order valence-corrected chi connectivity index (χ3v) is 5.60. The normalized spacial score (nSPS) is 11.2. The van der Waals surface area contributed by atoms with E-state index in [1.165, 1.54) is 34.6 Å². The van der Waals surface area contributed by atoms with Gasteiger partial charge < -0.3 is 5.32 Å². The Morgan fingerprint density at radius 1 is 0.967 bits per heavy atom. The van der Waals surface area contributed by atoms with Crippen molar-refractivity contribution < 1.29 is 4.39 Å². The minimum Gasteiger partial charge on any atom is -0.306 e. The van der Waals surface area contributed by atoms with Crippen molar-refractivity contribution in [1.82, 2.24) is 24.8 Å². The summed E-state index contributed by atoms with van der Waals surface area (Å²) < 4.78 is 14.9. The van der Waals surface area contributed by atoms with Gasteiger partial charge in [-0.2, -0.15) is 4.98 Å². The topological polar surface area (TPSA) is 68.0 Å². The number of thiazole rings is 1. The lowest BCUT2D eigenvalue weighted by molar-refractivity contribution is 0.628. The van der Waals surface area contributed by atoms with E-state index in [0.29, 0.717) is 17.5 Å². The first-order valence-corrected chi connectivity index (χ1v) is 10.2. The zero-order chi connectivity index (χ0) is 20.7. The molecule has 148 valence electrons. The number of nitrogens with zero attached hydrogens (tertiary/aromatic N) is 5. The summed E-state index contributed by atoms with van der Waals surface area (Å²) in [6.45, 7) is 4.18. The van der Waals surface area contributed by atoms with E-state index < -0.39 is 0 Å². The van der Waals surface area contributed by atoms with Gasteiger partial charge in [-0.15, -0.1) is 26.6 Å². The number of halogens is 1. The Hall–Kier alpha value is -3.65. The van der Waals surface area contributed by atoms with E-state index in [0.717, 1.165) is 21.8 Å². The molecule has 0 radical (unpaired) electrons. The molecule has 3 heterocycles. The van der Waals surface area contributed by atoms with Gasteiger partial charge in [0.15, 0.2) is 5.82 Å². The van der Waals surface area contributed by atoms with Crippen LogP contribution in [0.15, 0.2) is 60.0 Å². The lowest BCUT2D eigenvalue weighted by atomic mass is 10.0. The van der Waals surface area contributed by atoms with Crippen LogP contribution < -0.4 is 5.32 Å². The van der Waals surface area contributed by atoms with Crippen molar-refractivity contribution in [3.63, 3.8) is 0 Å². The Balaban J connectivity index is 1.41. The SMILES string of the molecule is Cc1ccc(-c2csc3nc(Nc4ccc(-c5ccc(F)cc5)nn4)nn23)c(C)c1. The highest BCUT2D eigenvalue weighted by Gasteiger charge is 2.14. The van der Waals surface area contributed by atoms with Gasteiger partial charge in [0.2, 0.25) is 10.9 Å². The minimum atomic E-state index is -0.281. The molecular weight excluding hydrogens is 399 g/mol. The zero-order valence-corrected chi connectivity index (χ0v) is 17.1. The maximum Gasteiger partial charge on any atom is 0.249 e. The maximum absolute atomic E-state index is 13.1. The largest absolute Gasteiger partial charge is 0.306 e. The number of hydrogen-bond acceptors (Lipinski definition) is 6. The number of rotatable bonds is 4. The van der Waals surface area contributed by atoms with E-state index >= 15 is 0 Å². The second-order valence-electron chi connectivity index (χ2n) is 7.00. The second-order valence-corrected chi connectivity index (χ2v) is 7.84. The fraction of sp³-hybridized carbons (Fsp3) is 0.0909. The first-order valence-electron chi connectivity index (χ1n) is 9.35. The van der Waals surface area contributed by atoms with Crippen molar-refractivity contribution in [3.8, 4) is 22.5 Å². The highest BCUT2D eigenvalue weighted by molar-refractivity contribution is 7.15. The van der Waals surface area contributed by atoms with Gasteiger partial charge in [0.25, 0.3) is 0 Å². The van der Waals surface area contributed by atoms with Crippen LogP contribution in [-0.2, 0) is 0 Å². The van der Waals surface area contributed by atoms with Gasteiger partial charge in [0.1, 0.15) is 5.82 Å². The van der Waals surface area contributed by atoms with Crippen molar-refractivity contribution in [3.05, 3.63) is 76.9 Å². The highest BCUT2D eigenvalue weighted by atomic mass is 32.1. The van der Waals surface area contributed by atoms with Crippen LogP contribution in [0.3, 0.4) is 0 Å². The monoisotopic (exact) mass is 416 g/mol. The summed E-state index contributed by atoms with van der Waals surface area (Å²) in [4.78, 5) is 5.34. The van der Waals surface area contributed by atoms with Crippen LogP contribution in [0.25, 0.3) is 27.5 Å². The van der Waals surface area contributed by atoms with Crippen LogP contribution in [0.1, 0.15) is 11.1 Å². The van der Waals surface area contributed by atoms with Crippen molar-refractivity contribution in [2.24, 2.45) is 0 Å². The predicted molar refractivity (Wildman–Crippen MR) is 116 cm³/mol. The van der Waals surface area contributed by atoms with Crippen LogP contribution in [0.2, 0.25) is 0 Å². The minimum absolute atomic E-state index is 0.281. The van der Waals surface area contributed by atoms with Gasteiger partial charge in [0.05, 0.1) is 11.4 Å². The van der Waals surface area contributed by atoms with E-state index in [2.05, 4.69) is 63.0 Å². The van der Waals surface area contributed by atoms with Gasteiger partial charge >= 0.3 is 0 Å². The van der Waals surface area contributed by atoms with Crippen molar-refractivity contribution in [2.75, 3.05) is 5.32 Å². The molecule has 8 heteroatoms. The number of hydrogen-bond donors (Lipinski definition) is 1. The molecule has 0 saturated heterocycles. The standard InChI is InChI=1S/C22H17FN6S/c1-13-3-8-17(14(2)11-13)19-12-30-22-25-21(28-29(19)22)24-20-10-9-18(26-27-20)15-4-6-16(23)7-5-15/h3-12H,1-2H3,(H,24,27,28). The van der Waals surface area contributed by atoms with Gasteiger partial charge in [-0.3, -0.25) is 0 Å². The van der Waals surface area contributed by atoms with Gasteiger partial charge in [0, 0.05) is 16.5 Å². The summed E-state index contributed by atoms with van der Waals surface area (Å²) in [5, 5.41) is 18.2. The van der Waals surface area contributed by atoms with Crippen LogP contribution in [0.4, 0.5) is 16.2 Å². The molecule has 0 aliphatic rings. The quantitative estimate of drug-likeness (QED) is 0.424. The summed E-state index contributed by atoms with van der Waals surface area (Å²) in [6, 6.07) is 16.1. The van der Waals surface area contributed by atoms with Crippen LogP contribution in [0, 0.1) is 19.7 Å². The molecule has 5 rings (SSSR count). The molecule has 0 bridgehead atoms. The Bertz CT molecular complexity index is 1340. The lowest BCUT2D eigenvalue weighted by Gasteiger charge is -2.05. The summed E-state index contributed by atoms with van der Waals surface area (Å²) in [5.41, 5.74) is 6.02. The number of aryl methyl sites for hydroxylation is 2. The number of nitrogens with one attached hydrogen (secondary N) is 1. The molecule has 0 amide bonds. The highest BCUT2D eigenvalue weighted by Crippen LogP contribution is 2.29. The third kappa shape index (κ3) is 3.42. The molecule has 30 heavy (non-hydrogen) atoms. The fourth-order valence-electron chi connectivity index (χ4n) is 3.31. The molecule has 1 N–H and O–H groups in total. The van der Waals surface area contributed by atoms with Crippen LogP contribution >= 0.6 is 11.3 Å². The molecule has 6 nitrogen and oxygen atoms in total. The fourth-order valence-corrected chi connectivity index (χ4v) is 4.13. The first-order chi connectivity index (χ1) is 14.6. The van der Waals surface area contributed by atoms with Crippen LogP contribution in [-0.4, -0.2) is 24.8 Å². The molecule has 0 atom stereocenters. The average Bonchev–Trinajstić information content (AvgIpc) is 3.30. The van der Waals surface area contributed by atoms with E-state index in [-0.39, 0.29) is 5.82 Å². The van der Waals surface area contributed by atoms with E-state index in [9.17, 15) is 4.39 Å². The summed E-state index contributed by atoms with van der Waals surface area (Å²) >= 11 is 1.54. The number of anilines is 2. The van der Waals surface area contributed by atoms with Gasteiger partial charge in [-0.1, -0.05) is 23.8 Å². The number of fused-ring (bicyclic) bond motifs is 1. The maximum atomic E-state index is 13.1. The summed E-state index contributed by atoms with van der Waals surface area (Å²) in [5.74, 6) is 0.708. The van der Waals surface area contributed by atoms with Gasteiger partial charge in [-0.25, -0.2) is 8.91 Å². The van der Waals surface area contributed by atoms with E-state index in [1.807, 2.05) is 10.6 Å². The Kier molecular flexibility index (Phi) is 4.48. The molecule has 0 saturated carbocycles. The summed E-state index contributed by atoms with van der Waals surface area (Å²) in [7, 11) is 0. The molecule has 3 aromatic heterocycles. The zero-order valence-electron chi connectivity index (χ0n) is 16.3. The molecule has 0 fully saturated rings. The van der Waals surface area contributed by atoms with Crippen molar-refractivity contribution in [1.29, 1.82) is 0 Å². The van der Waals surface area contributed by atoms with Crippen LogP contribution in [0.5, 0.6) is 0 Å². The predicted octanol–water partition coefficient (Wildman–Crippen LogP) is 5.41. The second kappa shape index (κ2) is 7.31.